The smallest absolute Gasteiger partial charge is 0.190 e. The quantitative estimate of drug-likeness (QED) is 0.768. The zero-order chi connectivity index (χ0) is 15.4. The van der Waals surface area contributed by atoms with E-state index in [0.29, 0.717) is 6.61 Å². The fraction of sp³-hybridized carbons (Fsp3) is 0.375. The average Bonchev–Trinajstić information content (AvgIpc) is 2.77. The summed E-state index contributed by atoms with van der Waals surface area (Å²) in [5.41, 5.74) is 1.84. The molecule has 0 saturated carbocycles. The van der Waals surface area contributed by atoms with Crippen molar-refractivity contribution in [2.45, 2.75) is 34.2 Å². The molecule has 0 spiro atoms. The maximum atomic E-state index is 11.7. The normalized spacial score (nSPS) is 11.2. The Morgan fingerprint density at radius 2 is 1.91 bits per heavy atom. The molecule has 1 heterocycles. The van der Waals surface area contributed by atoms with Gasteiger partial charge in [0.2, 0.25) is 0 Å². The molecule has 2 rings (SSSR count). The van der Waals surface area contributed by atoms with E-state index in [4.69, 9.17) is 4.74 Å². The Morgan fingerprint density at radius 3 is 2.41 bits per heavy atom. The first kappa shape index (κ1) is 18.5. The average molecular weight is 341 g/mol. The van der Waals surface area contributed by atoms with Crippen molar-refractivity contribution in [2.24, 2.45) is 4.99 Å². The third kappa shape index (κ3) is 3.99. The highest BCUT2D eigenvalue weighted by atomic mass is 35.5. The van der Waals surface area contributed by atoms with Crippen LogP contribution in [0.1, 0.15) is 36.1 Å². The predicted octanol–water partition coefficient (Wildman–Crippen LogP) is 4.13. The number of ketones is 1. The fourth-order valence-corrected chi connectivity index (χ4v) is 3.27. The van der Waals surface area contributed by atoms with E-state index in [1.54, 1.807) is 6.92 Å². The van der Waals surface area contributed by atoms with Crippen molar-refractivity contribution >= 4 is 35.2 Å². The van der Waals surface area contributed by atoms with Crippen molar-refractivity contribution in [1.82, 2.24) is 4.57 Å². The zero-order valence-electron chi connectivity index (χ0n) is 13.3. The van der Waals surface area contributed by atoms with Crippen LogP contribution in [0.15, 0.2) is 29.3 Å². The van der Waals surface area contributed by atoms with Gasteiger partial charge < -0.3 is 9.30 Å². The summed E-state index contributed by atoms with van der Waals surface area (Å²) in [7, 11) is 0. The van der Waals surface area contributed by atoms with Crippen LogP contribution >= 0.6 is 23.7 Å². The van der Waals surface area contributed by atoms with Crippen molar-refractivity contribution < 1.29 is 9.53 Å². The van der Waals surface area contributed by atoms with E-state index in [-0.39, 0.29) is 18.2 Å². The Bertz CT molecular complexity index is 702. The van der Waals surface area contributed by atoms with Crippen molar-refractivity contribution in [3.05, 3.63) is 39.6 Å². The predicted molar refractivity (Wildman–Crippen MR) is 92.8 cm³/mol. The Morgan fingerprint density at radius 1 is 1.27 bits per heavy atom. The summed E-state index contributed by atoms with van der Waals surface area (Å²) in [6, 6.07) is 7.66. The number of Topliss-reactive ketones (excluding diaryl/α,β-unsaturated/α-hetero) is 1. The molecule has 0 atom stereocenters. The number of thiazole rings is 1. The molecule has 0 saturated heterocycles. The maximum Gasteiger partial charge on any atom is 0.190 e. The highest BCUT2D eigenvalue weighted by Gasteiger charge is 2.12. The van der Waals surface area contributed by atoms with Crippen LogP contribution in [0.4, 0.5) is 5.69 Å². The lowest BCUT2D eigenvalue weighted by atomic mass is 10.3. The first-order valence-electron chi connectivity index (χ1n) is 7.05. The van der Waals surface area contributed by atoms with E-state index in [1.807, 2.05) is 38.1 Å². The lowest BCUT2D eigenvalue weighted by molar-refractivity contribution is 0.102. The zero-order valence-corrected chi connectivity index (χ0v) is 14.9. The minimum atomic E-state index is 0. The molecule has 0 N–H and O–H groups in total. The molecular formula is C16H21ClN2O2S. The Labute approximate surface area is 140 Å². The Hall–Kier alpha value is -1.59. The molecule has 120 valence electrons. The summed E-state index contributed by atoms with van der Waals surface area (Å²) >= 11 is 1.44. The minimum Gasteiger partial charge on any atom is -0.494 e. The first-order chi connectivity index (χ1) is 10.1. The van der Waals surface area contributed by atoms with Crippen LogP contribution in [0.5, 0.6) is 5.75 Å². The van der Waals surface area contributed by atoms with Gasteiger partial charge in [0.1, 0.15) is 5.75 Å². The molecule has 0 bridgehead atoms. The first-order valence-corrected chi connectivity index (χ1v) is 7.87. The SMILES string of the molecule is CCOc1ccc(N=c2sc(C(C)=O)c(C)n2CC)cc1.Cl. The summed E-state index contributed by atoms with van der Waals surface area (Å²) in [6.45, 7) is 9.03. The lowest BCUT2D eigenvalue weighted by Gasteiger charge is -2.03. The van der Waals surface area contributed by atoms with E-state index in [9.17, 15) is 4.79 Å². The number of hydrogen-bond donors (Lipinski definition) is 0. The molecule has 0 radical (unpaired) electrons. The molecule has 1 aromatic carbocycles. The summed E-state index contributed by atoms with van der Waals surface area (Å²) in [6.07, 6.45) is 0. The topological polar surface area (TPSA) is 43.6 Å². The van der Waals surface area contributed by atoms with Crippen LogP contribution in [0.3, 0.4) is 0 Å². The van der Waals surface area contributed by atoms with E-state index in [1.165, 1.54) is 11.3 Å². The van der Waals surface area contributed by atoms with Crippen LogP contribution in [0, 0.1) is 6.92 Å². The molecule has 4 nitrogen and oxygen atoms in total. The second-order valence-corrected chi connectivity index (χ2v) is 5.62. The van der Waals surface area contributed by atoms with Gasteiger partial charge >= 0.3 is 0 Å². The van der Waals surface area contributed by atoms with Gasteiger partial charge in [-0.25, -0.2) is 4.99 Å². The Balaban J connectivity index is 0.00000242. The molecule has 0 unspecified atom stereocenters. The van der Waals surface area contributed by atoms with Gasteiger partial charge in [-0.2, -0.15) is 0 Å². The molecule has 1 aromatic heterocycles. The molecule has 0 aliphatic rings. The molecule has 0 aliphatic carbocycles. The number of nitrogens with zero attached hydrogens (tertiary/aromatic N) is 2. The van der Waals surface area contributed by atoms with Gasteiger partial charge in [-0.15, -0.1) is 12.4 Å². The number of hydrogen-bond acceptors (Lipinski definition) is 4. The number of halogens is 1. The van der Waals surface area contributed by atoms with Gasteiger partial charge in [0.05, 0.1) is 17.2 Å². The van der Waals surface area contributed by atoms with Gasteiger partial charge in [-0.3, -0.25) is 4.79 Å². The highest BCUT2D eigenvalue weighted by Crippen LogP contribution is 2.19. The van der Waals surface area contributed by atoms with E-state index in [2.05, 4.69) is 16.5 Å². The summed E-state index contributed by atoms with van der Waals surface area (Å²) in [5.74, 6) is 0.930. The van der Waals surface area contributed by atoms with Crippen molar-refractivity contribution in [1.29, 1.82) is 0 Å². The third-order valence-electron chi connectivity index (χ3n) is 3.17. The van der Waals surface area contributed by atoms with Gasteiger partial charge in [-0.1, -0.05) is 11.3 Å². The van der Waals surface area contributed by atoms with Gasteiger partial charge in [0.25, 0.3) is 0 Å². The monoisotopic (exact) mass is 340 g/mol. The number of ether oxygens (including phenoxy) is 1. The number of carbonyl (C=O) groups excluding carboxylic acids is 1. The molecule has 0 fully saturated rings. The molecule has 0 amide bonds. The standard InChI is InChI=1S/C16H20N2O2S.ClH/c1-5-18-11(3)15(12(4)19)21-16(18)17-13-7-9-14(10-8-13)20-6-2;/h7-10H,5-6H2,1-4H3;1H. The van der Waals surface area contributed by atoms with E-state index in [0.717, 1.165) is 33.4 Å². The van der Waals surface area contributed by atoms with Crippen molar-refractivity contribution in [2.75, 3.05) is 6.61 Å². The molecule has 2 aromatic rings. The summed E-state index contributed by atoms with van der Waals surface area (Å²) < 4.78 is 7.49. The molecule has 0 aliphatic heterocycles. The van der Waals surface area contributed by atoms with Gasteiger partial charge in [0.15, 0.2) is 10.6 Å². The van der Waals surface area contributed by atoms with Crippen molar-refractivity contribution in [3.63, 3.8) is 0 Å². The van der Waals surface area contributed by atoms with Gasteiger partial charge in [-0.05, 0) is 45.0 Å². The molecular weight excluding hydrogens is 320 g/mol. The minimum absolute atomic E-state index is 0. The van der Waals surface area contributed by atoms with Gasteiger partial charge in [0, 0.05) is 19.2 Å². The lowest BCUT2D eigenvalue weighted by Crippen LogP contribution is -2.14. The second-order valence-electron chi connectivity index (χ2n) is 4.64. The largest absolute Gasteiger partial charge is 0.494 e. The van der Waals surface area contributed by atoms with E-state index >= 15 is 0 Å². The van der Waals surface area contributed by atoms with Crippen LogP contribution in [-0.4, -0.2) is 17.0 Å². The van der Waals surface area contributed by atoms with Crippen LogP contribution in [-0.2, 0) is 6.54 Å². The summed E-state index contributed by atoms with van der Waals surface area (Å²) in [4.78, 5) is 17.9. The molecule has 22 heavy (non-hydrogen) atoms. The second kappa shape index (κ2) is 8.15. The highest BCUT2D eigenvalue weighted by molar-refractivity contribution is 7.11. The van der Waals surface area contributed by atoms with E-state index < -0.39 is 0 Å². The third-order valence-corrected chi connectivity index (χ3v) is 4.45. The molecule has 6 heteroatoms. The Kier molecular flexibility index (Phi) is 6.84. The maximum absolute atomic E-state index is 11.7. The fourth-order valence-electron chi connectivity index (χ4n) is 2.16. The van der Waals surface area contributed by atoms with Crippen LogP contribution < -0.4 is 9.54 Å². The summed E-state index contributed by atoms with van der Waals surface area (Å²) in [5, 5.41) is 0. The number of aromatic nitrogens is 1. The van der Waals surface area contributed by atoms with Crippen LogP contribution in [0.2, 0.25) is 0 Å². The number of benzene rings is 1. The van der Waals surface area contributed by atoms with Crippen molar-refractivity contribution in [3.8, 4) is 5.75 Å². The number of rotatable bonds is 5. The number of carbonyl (C=O) groups is 1. The van der Waals surface area contributed by atoms with Crippen LogP contribution in [0.25, 0.3) is 0 Å².